The largest absolute Gasteiger partial charge is 0.397 e. The van der Waals surface area contributed by atoms with Gasteiger partial charge in [-0.1, -0.05) is 25.4 Å². The van der Waals surface area contributed by atoms with Crippen molar-refractivity contribution in [2.24, 2.45) is 0 Å². The van der Waals surface area contributed by atoms with Gasteiger partial charge in [0.1, 0.15) is 5.15 Å². The fraction of sp³-hybridized carbons (Fsp3) is 0.308. The molecule has 0 saturated carbocycles. The van der Waals surface area contributed by atoms with Crippen molar-refractivity contribution < 1.29 is 4.79 Å². The second-order valence-electron chi connectivity index (χ2n) is 4.28. The Balaban J connectivity index is 2.25. The molecular formula is C13H15ClN6O. The van der Waals surface area contributed by atoms with Crippen molar-refractivity contribution in [2.45, 2.75) is 26.7 Å². The van der Waals surface area contributed by atoms with Gasteiger partial charge in [0.15, 0.2) is 0 Å². The second kappa shape index (κ2) is 6.45. The Kier molecular flexibility index (Phi) is 4.64. The van der Waals surface area contributed by atoms with E-state index < -0.39 is 5.91 Å². The van der Waals surface area contributed by atoms with Gasteiger partial charge in [-0.2, -0.15) is 0 Å². The molecule has 8 heteroatoms. The SMILES string of the molecule is CCc1nnc(NC(=O)c2cc(Cl)ncc2N)nc1CC. The van der Waals surface area contributed by atoms with Crippen LogP contribution in [0.3, 0.4) is 0 Å². The number of carbonyl (C=O) groups excluding carboxylic acids is 1. The summed E-state index contributed by atoms with van der Waals surface area (Å²) in [6, 6.07) is 1.39. The normalized spacial score (nSPS) is 10.4. The molecule has 0 aliphatic carbocycles. The van der Waals surface area contributed by atoms with Crippen LogP contribution >= 0.6 is 11.6 Å². The van der Waals surface area contributed by atoms with Crippen LogP contribution < -0.4 is 11.1 Å². The number of aromatic nitrogens is 4. The number of carbonyl (C=O) groups is 1. The molecule has 2 aromatic rings. The summed E-state index contributed by atoms with van der Waals surface area (Å²) in [4.78, 5) is 20.2. The zero-order valence-corrected chi connectivity index (χ0v) is 12.5. The molecule has 0 atom stereocenters. The van der Waals surface area contributed by atoms with Gasteiger partial charge in [-0.25, -0.2) is 9.97 Å². The number of rotatable bonds is 4. The summed E-state index contributed by atoms with van der Waals surface area (Å²) < 4.78 is 0. The van der Waals surface area contributed by atoms with Crippen LogP contribution in [-0.2, 0) is 12.8 Å². The first-order valence-electron chi connectivity index (χ1n) is 6.50. The minimum Gasteiger partial charge on any atom is -0.397 e. The standard InChI is InChI=1S/C13H15ClN6O/c1-3-9-10(4-2)19-20-13(17-9)18-12(21)7-5-11(14)16-6-8(7)15/h5-6H,3-4,15H2,1-2H3,(H,17,18,20,21). The highest BCUT2D eigenvalue weighted by Crippen LogP contribution is 2.16. The summed E-state index contributed by atoms with van der Waals surface area (Å²) in [5, 5.41) is 10.7. The van der Waals surface area contributed by atoms with Crippen LogP contribution in [0.1, 0.15) is 35.6 Å². The van der Waals surface area contributed by atoms with E-state index in [1.54, 1.807) is 0 Å². The average Bonchev–Trinajstić information content (AvgIpc) is 2.49. The Labute approximate surface area is 127 Å². The molecule has 0 radical (unpaired) electrons. The molecule has 0 aromatic carbocycles. The first kappa shape index (κ1) is 15.1. The lowest BCUT2D eigenvalue weighted by atomic mass is 10.2. The van der Waals surface area contributed by atoms with E-state index in [2.05, 4.69) is 25.5 Å². The van der Waals surface area contributed by atoms with E-state index in [4.69, 9.17) is 17.3 Å². The van der Waals surface area contributed by atoms with Gasteiger partial charge in [-0.15, -0.1) is 10.2 Å². The minimum atomic E-state index is -0.454. The summed E-state index contributed by atoms with van der Waals surface area (Å²) in [5.74, 6) is -0.314. The van der Waals surface area contributed by atoms with Crippen molar-refractivity contribution in [1.82, 2.24) is 20.2 Å². The van der Waals surface area contributed by atoms with Gasteiger partial charge >= 0.3 is 0 Å². The molecule has 2 aromatic heterocycles. The molecule has 3 N–H and O–H groups in total. The minimum absolute atomic E-state index is 0.140. The zero-order valence-electron chi connectivity index (χ0n) is 11.7. The number of nitrogens with zero attached hydrogens (tertiary/aromatic N) is 4. The maximum atomic E-state index is 12.2. The molecule has 0 unspecified atom stereocenters. The van der Waals surface area contributed by atoms with Crippen LogP contribution in [0.15, 0.2) is 12.3 Å². The highest BCUT2D eigenvalue weighted by atomic mass is 35.5. The van der Waals surface area contributed by atoms with Crippen molar-refractivity contribution in [1.29, 1.82) is 0 Å². The van der Waals surface area contributed by atoms with Crippen LogP contribution in [0, 0.1) is 0 Å². The smallest absolute Gasteiger partial charge is 0.260 e. The van der Waals surface area contributed by atoms with Crippen molar-refractivity contribution in [3.05, 3.63) is 34.4 Å². The van der Waals surface area contributed by atoms with Crippen LogP contribution in [0.4, 0.5) is 11.6 Å². The van der Waals surface area contributed by atoms with E-state index in [0.29, 0.717) is 6.42 Å². The van der Waals surface area contributed by atoms with Crippen LogP contribution in [0.25, 0.3) is 0 Å². The lowest BCUT2D eigenvalue weighted by Crippen LogP contribution is -2.18. The maximum Gasteiger partial charge on any atom is 0.260 e. The van der Waals surface area contributed by atoms with Crippen molar-refractivity contribution >= 4 is 29.1 Å². The molecule has 0 aliphatic heterocycles. The summed E-state index contributed by atoms with van der Waals surface area (Å²) in [7, 11) is 0. The molecule has 0 bridgehead atoms. The molecular weight excluding hydrogens is 292 g/mol. The lowest BCUT2D eigenvalue weighted by molar-refractivity contribution is 0.102. The first-order valence-corrected chi connectivity index (χ1v) is 6.87. The summed E-state index contributed by atoms with van der Waals surface area (Å²) >= 11 is 5.76. The Morgan fingerprint density at radius 2 is 2.00 bits per heavy atom. The number of pyridine rings is 1. The Morgan fingerprint density at radius 3 is 2.67 bits per heavy atom. The average molecular weight is 307 g/mol. The Hall–Kier alpha value is -2.28. The monoisotopic (exact) mass is 306 g/mol. The molecule has 1 amide bonds. The van der Waals surface area contributed by atoms with E-state index in [9.17, 15) is 4.79 Å². The Morgan fingerprint density at radius 1 is 1.29 bits per heavy atom. The summed E-state index contributed by atoms with van der Waals surface area (Å²) in [6.07, 6.45) is 2.78. The number of anilines is 2. The van der Waals surface area contributed by atoms with E-state index >= 15 is 0 Å². The number of nitrogen functional groups attached to an aromatic ring is 1. The van der Waals surface area contributed by atoms with E-state index in [1.807, 2.05) is 13.8 Å². The van der Waals surface area contributed by atoms with Gasteiger partial charge in [0.25, 0.3) is 5.91 Å². The number of hydrogen-bond donors (Lipinski definition) is 2. The molecule has 0 saturated heterocycles. The quantitative estimate of drug-likeness (QED) is 0.835. The molecule has 2 rings (SSSR count). The molecule has 0 aliphatic rings. The zero-order chi connectivity index (χ0) is 15.4. The first-order chi connectivity index (χ1) is 10.0. The molecule has 7 nitrogen and oxygen atoms in total. The van der Waals surface area contributed by atoms with E-state index in [0.717, 1.165) is 17.8 Å². The topological polar surface area (TPSA) is 107 Å². The predicted molar refractivity (Wildman–Crippen MR) is 80.2 cm³/mol. The molecule has 21 heavy (non-hydrogen) atoms. The van der Waals surface area contributed by atoms with Crippen molar-refractivity contribution in [2.75, 3.05) is 11.1 Å². The van der Waals surface area contributed by atoms with Gasteiger partial charge in [0.05, 0.1) is 28.8 Å². The highest BCUT2D eigenvalue weighted by Gasteiger charge is 2.14. The predicted octanol–water partition coefficient (Wildman–Crippen LogP) is 1.88. The molecule has 2 heterocycles. The second-order valence-corrected chi connectivity index (χ2v) is 4.67. The molecule has 110 valence electrons. The van der Waals surface area contributed by atoms with Gasteiger partial charge in [0, 0.05) is 0 Å². The maximum absolute atomic E-state index is 12.2. The third kappa shape index (κ3) is 3.43. The van der Waals surface area contributed by atoms with Crippen molar-refractivity contribution in [3.63, 3.8) is 0 Å². The van der Waals surface area contributed by atoms with Gasteiger partial charge < -0.3 is 5.73 Å². The van der Waals surface area contributed by atoms with Gasteiger partial charge in [0.2, 0.25) is 5.95 Å². The lowest BCUT2D eigenvalue weighted by Gasteiger charge is -2.08. The molecule has 0 spiro atoms. The Bertz CT molecular complexity index is 676. The van der Waals surface area contributed by atoms with Crippen molar-refractivity contribution in [3.8, 4) is 0 Å². The van der Waals surface area contributed by atoms with Crippen LogP contribution in [-0.4, -0.2) is 26.1 Å². The third-order valence-electron chi connectivity index (χ3n) is 2.88. The van der Waals surface area contributed by atoms with E-state index in [-0.39, 0.29) is 22.4 Å². The van der Waals surface area contributed by atoms with Gasteiger partial charge in [-0.05, 0) is 18.9 Å². The number of amides is 1. The number of halogens is 1. The number of hydrogen-bond acceptors (Lipinski definition) is 6. The summed E-state index contributed by atoms with van der Waals surface area (Å²) in [5.41, 5.74) is 7.78. The number of aryl methyl sites for hydroxylation is 2. The van der Waals surface area contributed by atoms with Crippen LogP contribution in [0.5, 0.6) is 0 Å². The summed E-state index contributed by atoms with van der Waals surface area (Å²) in [6.45, 7) is 3.94. The van der Waals surface area contributed by atoms with E-state index in [1.165, 1.54) is 12.3 Å². The van der Waals surface area contributed by atoms with Crippen LogP contribution in [0.2, 0.25) is 5.15 Å². The fourth-order valence-electron chi connectivity index (χ4n) is 1.80. The fourth-order valence-corrected chi connectivity index (χ4v) is 1.95. The van der Waals surface area contributed by atoms with Gasteiger partial charge in [-0.3, -0.25) is 10.1 Å². The number of nitrogens with one attached hydrogen (secondary N) is 1. The third-order valence-corrected chi connectivity index (χ3v) is 3.09. The highest BCUT2D eigenvalue weighted by molar-refractivity contribution is 6.30. The number of nitrogens with two attached hydrogens (primary N) is 1. The molecule has 0 fully saturated rings.